The van der Waals surface area contributed by atoms with Crippen molar-refractivity contribution in [2.75, 3.05) is 44.2 Å². The van der Waals surface area contributed by atoms with E-state index in [1.807, 2.05) is 18.2 Å². The highest BCUT2D eigenvalue weighted by Gasteiger charge is 2.20. The second-order valence-electron chi connectivity index (χ2n) is 7.78. The molecular weight excluding hydrogens is 482 g/mol. The molecule has 1 aliphatic rings. The smallest absolute Gasteiger partial charge is 0.270 e. The van der Waals surface area contributed by atoms with E-state index in [0.717, 1.165) is 57.8 Å². The van der Waals surface area contributed by atoms with Crippen LogP contribution in [0.2, 0.25) is 5.02 Å². The predicted molar refractivity (Wildman–Crippen MR) is 134 cm³/mol. The highest BCUT2D eigenvalue weighted by atomic mass is 35.5. The zero-order chi connectivity index (χ0) is 22.9. The van der Waals surface area contributed by atoms with E-state index in [-0.39, 0.29) is 11.6 Å². The Bertz CT molecular complexity index is 1350. The number of nitro groups is 1. The van der Waals surface area contributed by atoms with Crippen molar-refractivity contribution in [2.24, 2.45) is 0 Å². The number of benzene rings is 2. The number of thiophene rings is 1. The van der Waals surface area contributed by atoms with Gasteiger partial charge in [-0.15, -0.1) is 11.3 Å². The van der Waals surface area contributed by atoms with Crippen molar-refractivity contribution in [3.05, 3.63) is 62.5 Å². The molecule has 0 unspecified atom stereocenters. The number of non-ortho nitro benzene ring substituents is 1. The Labute approximate surface area is 202 Å². The normalized spacial score (nSPS) is 14.8. The Morgan fingerprint density at radius 1 is 1.09 bits per heavy atom. The van der Waals surface area contributed by atoms with Gasteiger partial charge in [-0.05, 0) is 30.3 Å². The highest BCUT2D eigenvalue weighted by Crippen LogP contribution is 2.31. The van der Waals surface area contributed by atoms with E-state index in [9.17, 15) is 14.9 Å². The number of piperazine rings is 1. The minimum Gasteiger partial charge on any atom is -0.350 e. The summed E-state index contributed by atoms with van der Waals surface area (Å²) in [6.45, 7) is 4.89. The molecule has 0 bridgehead atoms. The van der Waals surface area contributed by atoms with Gasteiger partial charge in [0.15, 0.2) is 5.13 Å². The van der Waals surface area contributed by atoms with Gasteiger partial charge in [-0.3, -0.25) is 19.8 Å². The summed E-state index contributed by atoms with van der Waals surface area (Å²) in [5.74, 6) is -0.148. The molecule has 0 aliphatic carbocycles. The summed E-state index contributed by atoms with van der Waals surface area (Å²) in [6.07, 6.45) is 0. The summed E-state index contributed by atoms with van der Waals surface area (Å²) < 4.78 is 1.96. The van der Waals surface area contributed by atoms with Gasteiger partial charge in [0.05, 0.1) is 20.0 Å². The molecule has 0 spiro atoms. The zero-order valence-electron chi connectivity index (χ0n) is 17.5. The number of halogens is 1. The van der Waals surface area contributed by atoms with E-state index in [1.54, 1.807) is 23.5 Å². The highest BCUT2D eigenvalue weighted by molar-refractivity contribution is 7.22. The first kappa shape index (κ1) is 22.0. The van der Waals surface area contributed by atoms with Gasteiger partial charge in [0, 0.05) is 66.5 Å². The maximum absolute atomic E-state index is 12.5. The molecule has 1 fully saturated rings. The summed E-state index contributed by atoms with van der Waals surface area (Å²) in [7, 11) is 0. The molecule has 1 aliphatic heterocycles. The molecule has 170 valence electrons. The number of fused-ring (bicyclic) bond motifs is 2. The number of hydrogen-bond acceptors (Lipinski definition) is 8. The number of nitrogens with zero attached hydrogens (tertiary/aromatic N) is 4. The molecule has 2 aromatic heterocycles. The van der Waals surface area contributed by atoms with Crippen LogP contribution >= 0.6 is 34.3 Å². The van der Waals surface area contributed by atoms with Gasteiger partial charge in [0.25, 0.3) is 11.6 Å². The van der Waals surface area contributed by atoms with Crippen molar-refractivity contribution in [3.63, 3.8) is 0 Å². The maximum Gasteiger partial charge on any atom is 0.270 e. The fourth-order valence-corrected chi connectivity index (χ4v) is 6.11. The van der Waals surface area contributed by atoms with Crippen molar-refractivity contribution >= 4 is 71.3 Å². The van der Waals surface area contributed by atoms with Crippen LogP contribution in [0.5, 0.6) is 0 Å². The summed E-state index contributed by atoms with van der Waals surface area (Å²) in [4.78, 5) is 33.0. The molecule has 1 N–H and O–H groups in total. The summed E-state index contributed by atoms with van der Waals surface area (Å²) in [5, 5.41) is 16.4. The number of thiazole rings is 1. The Morgan fingerprint density at radius 3 is 2.70 bits per heavy atom. The molecule has 1 saturated heterocycles. The number of anilines is 1. The van der Waals surface area contributed by atoms with Gasteiger partial charge >= 0.3 is 0 Å². The van der Waals surface area contributed by atoms with Crippen LogP contribution in [-0.4, -0.2) is 60.0 Å². The quantitative estimate of drug-likeness (QED) is 0.306. The van der Waals surface area contributed by atoms with Gasteiger partial charge in [0.2, 0.25) is 0 Å². The largest absolute Gasteiger partial charge is 0.350 e. The number of rotatable bonds is 6. The van der Waals surface area contributed by atoms with Crippen molar-refractivity contribution < 1.29 is 9.72 Å². The Balaban J connectivity index is 1.12. The Kier molecular flexibility index (Phi) is 6.15. The fraction of sp³-hybridized carbons (Fsp3) is 0.273. The standard InChI is InChI=1S/C22H20ClN5O3S2/c23-15-1-3-17-19(13-15)33-22(25-17)27-9-7-26(8-10-27)6-5-24-21(29)20-12-14-11-16(28(30)31)2-4-18(14)32-20/h1-4,11-13H,5-10H2,(H,24,29). The van der Waals surface area contributed by atoms with Gasteiger partial charge < -0.3 is 10.2 Å². The summed E-state index contributed by atoms with van der Waals surface area (Å²) in [5.41, 5.74) is 1.00. The summed E-state index contributed by atoms with van der Waals surface area (Å²) >= 11 is 9.09. The molecule has 0 saturated carbocycles. The van der Waals surface area contributed by atoms with E-state index in [1.165, 1.54) is 23.5 Å². The SMILES string of the molecule is O=C(NCCN1CCN(c2nc3ccc(Cl)cc3s2)CC1)c1cc2cc([N+](=O)[O-])ccc2s1. The second-order valence-corrected chi connectivity index (χ2v) is 10.3. The van der Waals surface area contributed by atoms with E-state index >= 15 is 0 Å². The van der Waals surface area contributed by atoms with Gasteiger partial charge in [-0.1, -0.05) is 22.9 Å². The number of amides is 1. The predicted octanol–water partition coefficient (Wildman–Crippen LogP) is 4.62. The number of nitro benzene ring substituents is 1. The molecule has 5 rings (SSSR count). The molecule has 4 aromatic rings. The van der Waals surface area contributed by atoms with Crippen molar-refractivity contribution in [1.29, 1.82) is 0 Å². The first-order valence-corrected chi connectivity index (χ1v) is 12.5. The molecule has 2 aromatic carbocycles. The number of aromatic nitrogens is 1. The van der Waals surface area contributed by atoms with Gasteiger partial charge in [-0.25, -0.2) is 4.98 Å². The lowest BCUT2D eigenvalue weighted by Crippen LogP contribution is -2.48. The van der Waals surface area contributed by atoms with Crippen molar-refractivity contribution in [1.82, 2.24) is 15.2 Å². The molecule has 8 nitrogen and oxygen atoms in total. The molecule has 0 radical (unpaired) electrons. The van der Waals surface area contributed by atoms with Crippen LogP contribution in [0.3, 0.4) is 0 Å². The third kappa shape index (κ3) is 4.79. The first-order valence-electron chi connectivity index (χ1n) is 10.5. The Morgan fingerprint density at radius 2 is 1.91 bits per heavy atom. The monoisotopic (exact) mass is 501 g/mol. The lowest BCUT2D eigenvalue weighted by molar-refractivity contribution is -0.384. The van der Waals surface area contributed by atoms with Gasteiger partial charge in [-0.2, -0.15) is 0 Å². The second kappa shape index (κ2) is 9.22. The van der Waals surface area contributed by atoms with E-state index in [4.69, 9.17) is 16.6 Å². The zero-order valence-corrected chi connectivity index (χ0v) is 19.9. The number of hydrogen-bond donors (Lipinski definition) is 1. The molecular formula is C22H20ClN5O3S2. The van der Waals surface area contributed by atoms with Crippen LogP contribution in [0.15, 0.2) is 42.5 Å². The average Bonchev–Trinajstić information content (AvgIpc) is 3.42. The third-order valence-electron chi connectivity index (χ3n) is 5.63. The van der Waals surface area contributed by atoms with Gasteiger partial charge in [0.1, 0.15) is 0 Å². The topological polar surface area (TPSA) is 91.6 Å². The molecule has 11 heteroatoms. The van der Waals surface area contributed by atoms with E-state index in [0.29, 0.717) is 16.8 Å². The Hall–Kier alpha value is -2.79. The first-order chi connectivity index (χ1) is 16.0. The molecule has 3 heterocycles. The van der Waals surface area contributed by atoms with Crippen LogP contribution in [0.4, 0.5) is 10.8 Å². The van der Waals surface area contributed by atoms with Crippen LogP contribution in [0.25, 0.3) is 20.3 Å². The molecule has 0 atom stereocenters. The molecule has 33 heavy (non-hydrogen) atoms. The average molecular weight is 502 g/mol. The van der Waals surface area contributed by atoms with Crippen LogP contribution in [0, 0.1) is 10.1 Å². The minimum atomic E-state index is -0.428. The van der Waals surface area contributed by atoms with Crippen LogP contribution < -0.4 is 10.2 Å². The number of nitrogens with one attached hydrogen (secondary N) is 1. The fourth-order valence-electron chi connectivity index (χ4n) is 3.86. The van der Waals surface area contributed by atoms with E-state index in [2.05, 4.69) is 15.1 Å². The minimum absolute atomic E-state index is 0.0287. The summed E-state index contributed by atoms with van der Waals surface area (Å²) in [6, 6.07) is 12.1. The number of carbonyl (C=O) groups is 1. The lowest BCUT2D eigenvalue weighted by atomic mass is 10.2. The van der Waals surface area contributed by atoms with Crippen LogP contribution in [0.1, 0.15) is 9.67 Å². The third-order valence-corrected chi connectivity index (χ3v) is 8.06. The maximum atomic E-state index is 12.5. The number of carbonyl (C=O) groups excluding carboxylic acids is 1. The van der Waals surface area contributed by atoms with Crippen molar-refractivity contribution in [2.45, 2.75) is 0 Å². The van der Waals surface area contributed by atoms with Crippen molar-refractivity contribution in [3.8, 4) is 0 Å². The van der Waals surface area contributed by atoms with Crippen LogP contribution in [-0.2, 0) is 0 Å². The lowest BCUT2D eigenvalue weighted by Gasteiger charge is -2.34. The molecule has 1 amide bonds. The van der Waals surface area contributed by atoms with E-state index < -0.39 is 4.92 Å².